The summed E-state index contributed by atoms with van der Waals surface area (Å²) in [5.74, 6) is -0.863. The SMILES string of the molecule is CCC(NC(=O)NCC(CC)(CC)C(=O)O)c1cccs1. The number of amides is 2. The lowest BCUT2D eigenvalue weighted by Gasteiger charge is -2.27. The maximum Gasteiger partial charge on any atom is 0.315 e. The smallest absolute Gasteiger partial charge is 0.315 e. The van der Waals surface area contributed by atoms with Crippen LogP contribution in [0.2, 0.25) is 0 Å². The Labute approximate surface area is 129 Å². The lowest BCUT2D eigenvalue weighted by atomic mass is 9.82. The van der Waals surface area contributed by atoms with E-state index in [2.05, 4.69) is 10.6 Å². The molecule has 0 saturated carbocycles. The van der Waals surface area contributed by atoms with Gasteiger partial charge in [0, 0.05) is 11.4 Å². The maximum absolute atomic E-state index is 12.0. The van der Waals surface area contributed by atoms with Crippen LogP contribution in [-0.4, -0.2) is 23.7 Å². The summed E-state index contributed by atoms with van der Waals surface area (Å²) >= 11 is 1.60. The van der Waals surface area contributed by atoms with Gasteiger partial charge in [-0.1, -0.05) is 26.8 Å². The van der Waals surface area contributed by atoms with E-state index in [9.17, 15) is 14.7 Å². The van der Waals surface area contributed by atoms with E-state index in [-0.39, 0.29) is 18.6 Å². The molecule has 0 aliphatic carbocycles. The summed E-state index contributed by atoms with van der Waals surface area (Å²) < 4.78 is 0. The first-order chi connectivity index (χ1) is 9.99. The van der Waals surface area contributed by atoms with Crippen molar-refractivity contribution in [3.05, 3.63) is 22.4 Å². The molecule has 5 nitrogen and oxygen atoms in total. The molecule has 1 heterocycles. The molecule has 3 N–H and O–H groups in total. The second-order valence-corrected chi connectivity index (χ2v) is 6.08. The fraction of sp³-hybridized carbons (Fsp3) is 0.600. The lowest BCUT2D eigenvalue weighted by molar-refractivity contribution is -0.149. The zero-order chi connectivity index (χ0) is 15.9. The van der Waals surface area contributed by atoms with Crippen molar-refractivity contribution in [2.45, 2.75) is 46.1 Å². The van der Waals surface area contributed by atoms with E-state index in [0.29, 0.717) is 12.8 Å². The molecule has 6 heteroatoms. The van der Waals surface area contributed by atoms with Gasteiger partial charge in [0.15, 0.2) is 0 Å². The number of carbonyl (C=O) groups excluding carboxylic acids is 1. The van der Waals surface area contributed by atoms with Crippen molar-refractivity contribution in [3.63, 3.8) is 0 Å². The van der Waals surface area contributed by atoms with Crippen LogP contribution < -0.4 is 10.6 Å². The number of thiophene rings is 1. The lowest BCUT2D eigenvalue weighted by Crippen LogP contribution is -2.46. The van der Waals surface area contributed by atoms with Crippen molar-refractivity contribution in [1.29, 1.82) is 0 Å². The van der Waals surface area contributed by atoms with Crippen LogP contribution in [0.1, 0.15) is 51.0 Å². The summed E-state index contributed by atoms with van der Waals surface area (Å²) in [7, 11) is 0. The van der Waals surface area contributed by atoms with Crippen molar-refractivity contribution < 1.29 is 14.7 Å². The molecule has 1 rings (SSSR count). The number of hydrogen-bond donors (Lipinski definition) is 3. The van der Waals surface area contributed by atoms with Crippen molar-refractivity contribution in [3.8, 4) is 0 Å². The topological polar surface area (TPSA) is 78.4 Å². The van der Waals surface area contributed by atoms with E-state index in [4.69, 9.17) is 0 Å². The number of carboxylic acid groups (broad SMARTS) is 1. The van der Waals surface area contributed by atoms with Crippen LogP contribution in [0.25, 0.3) is 0 Å². The van der Waals surface area contributed by atoms with Gasteiger partial charge in [-0.25, -0.2) is 4.79 Å². The van der Waals surface area contributed by atoms with Crippen LogP contribution in [-0.2, 0) is 4.79 Å². The maximum atomic E-state index is 12.0. The van der Waals surface area contributed by atoms with Gasteiger partial charge < -0.3 is 15.7 Å². The first-order valence-corrected chi connectivity index (χ1v) is 8.18. The van der Waals surface area contributed by atoms with Crippen LogP contribution in [0.4, 0.5) is 4.79 Å². The molecule has 118 valence electrons. The minimum Gasteiger partial charge on any atom is -0.481 e. The Bertz CT molecular complexity index is 455. The molecule has 1 aromatic heterocycles. The van der Waals surface area contributed by atoms with Crippen LogP contribution in [0.3, 0.4) is 0 Å². The minimum absolute atomic E-state index is 0.0347. The predicted octanol–water partition coefficient (Wildman–Crippen LogP) is 3.39. The van der Waals surface area contributed by atoms with Gasteiger partial charge >= 0.3 is 12.0 Å². The van der Waals surface area contributed by atoms with Crippen LogP contribution in [0.15, 0.2) is 17.5 Å². The predicted molar refractivity (Wildman–Crippen MR) is 84.5 cm³/mol. The van der Waals surface area contributed by atoms with Gasteiger partial charge in [-0.05, 0) is 30.7 Å². The highest BCUT2D eigenvalue weighted by Gasteiger charge is 2.35. The Balaban J connectivity index is 2.59. The summed E-state index contributed by atoms with van der Waals surface area (Å²) in [6, 6.07) is 3.58. The third kappa shape index (κ3) is 4.46. The van der Waals surface area contributed by atoms with Crippen LogP contribution >= 0.6 is 11.3 Å². The fourth-order valence-corrected chi connectivity index (χ4v) is 3.06. The second kappa shape index (κ2) is 8.02. The normalized spacial score (nSPS) is 12.7. The highest BCUT2D eigenvalue weighted by Crippen LogP contribution is 2.26. The zero-order valence-electron chi connectivity index (χ0n) is 12.8. The molecular weight excluding hydrogens is 288 g/mol. The third-order valence-corrected chi connectivity index (χ3v) is 4.98. The van der Waals surface area contributed by atoms with Gasteiger partial charge in [-0.3, -0.25) is 4.79 Å². The van der Waals surface area contributed by atoms with E-state index < -0.39 is 11.4 Å². The Morgan fingerprint density at radius 3 is 2.43 bits per heavy atom. The van der Waals surface area contributed by atoms with E-state index in [1.807, 2.05) is 38.3 Å². The average Bonchev–Trinajstić information content (AvgIpc) is 3.00. The summed E-state index contributed by atoms with van der Waals surface area (Å²) in [5.41, 5.74) is -0.887. The highest BCUT2D eigenvalue weighted by atomic mass is 32.1. The van der Waals surface area contributed by atoms with Gasteiger partial charge in [0.05, 0.1) is 11.5 Å². The molecule has 0 saturated heterocycles. The first-order valence-electron chi connectivity index (χ1n) is 7.30. The quantitative estimate of drug-likeness (QED) is 0.688. The van der Waals surface area contributed by atoms with E-state index in [1.165, 1.54) is 0 Å². The zero-order valence-corrected chi connectivity index (χ0v) is 13.6. The Kier molecular flexibility index (Phi) is 6.68. The van der Waals surface area contributed by atoms with Gasteiger partial charge in [0.1, 0.15) is 0 Å². The average molecular weight is 312 g/mol. The van der Waals surface area contributed by atoms with E-state index in [0.717, 1.165) is 11.3 Å². The number of hydrogen-bond acceptors (Lipinski definition) is 3. The molecule has 1 unspecified atom stereocenters. The van der Waals surface area contributed by atoms with Crippen molar-refractivity contribution in [2.24, 2.45) is 5.41 Å². The molecule has 1 atom stereocenters. The standard InChI is InChI=1S/C15H24N2O3S/c1-4-11(12-8-7-9-21-12)17-14(20)16-10-15(5-2,6-3)13(18)19/h7-9,11H,4-6,10H2,1-3H3,(H,18,19)(H2,16,17,20). The number of nitrogens with one attached hydrogen (secondary N) is 2. The number of carbonyl (C=O) groups is 2. The summed E-state index contributed by atoms with van der Waals surface area (Å²) in [4.78, 5) is 24.5. The Morgan fingerprint density at radius 1 is 1.33 bits per heavy atom. The largest absolute Gasteiger partial charge is 0.481 e. The summed E-state index contributed by atoms with van der Waals surface area (Å²) in [5, 5.41) is 16.9. The summed E-state index contributed by atoms with van der Waals surface area (Å²) in [6.07, 6.45) is 1.77. The molecule has 1 aromatic rings. The van der Waals surface area contributed by atoms with Crippen molar-refractivity contribution in [2.75, 3.05) is 6.54 Å². The molecule has 0 radical (unpaired) electrons. The van der Waals surface area contributed by atoms with Gasteiger partial charge in [-0.2, -0.15) is 0 Å². The van der Waals surface area contributed by atoms with Gasteiger partial charge in [0.25, 0.3) is 0 Å². The van der Waals surface area contributed by atoms with E-state index >= 15 is 0 Å². The summed E-state index contributed by atoms with van der Waals surface area (Å²) in [6.45, 7) is 5.81. The second-order valence-electron chi connectivity index (χ2n) is 5.10. The van der Waals surface area contributed by atoms with Crippen molar-refractivity contribution >= 4 is 23.3 Å². The van der Waals surface area contributed by atoms with Crippen LogP contribution in [0.5, 0.6) is 0 Å². The molecule has 0 aliphatic rings. The molecule has 21 heavy (non-hydrogen) atoms. The monoisotopic (exact) mass is 312 g/mol. The molecule has 0 bridgehead atoms. The number of urea groups is 1. The number of aliphatic carboxylic acids is 1. The highest BCUT2D eigenvalue weighted by molar-refractivity contribution is 7.10. The van der Waals surface area contributed by atoms with Gasteiger partial charge in [0.2, 0.25) is 0 Å². The molecule has 2 amide bonds. The fourth-order valence-electron chi connectivity index (χ4n) is 2.20. The number of rotatable bonds is 8. The first kappa shape index (κ1) is 17.5. The van der Waals surface area contributed by atoms with Gasteiger partial charge in [-0.15, -0.1) is 11.3 Å². The molecule has 0 spiro atoms. The third-order valence-electron chi connectivity index (χ3n) is 3.99. The molecule has 0 fully saturated rings. The molecule has 0 aromatic carbocycles. The number of carboxylic acids is 1. The Morgan fingerprint density at radius 2 is 2.00 bits per heavy atom. The van der Waals surface area contributed by atoms with E-state index in [1.54, 1.807) is 11.3 Å². The minimum atomic E-state index is -0.887. The molecule has 0 aliphatic heterocycles. The van der Waals surface area contributed by atoms with Crippen molar-refractivity contribution in [1.82, 2.24) is 10.6 Å². The molecular formula is C15H24N2O3S. The Hall–Kier alpha value is -1.56. The van der Waals surface area contributed by atoms with Crippen LogP contribution in [0, 0.1) is 5.41 Å².